The molecule has 1 aromatic carbocycles. The molecule has 5 heteroatoms. The molecule has 3 rings (SSSR count). The summed E-state index contributed by atoms with van der Waals surface area (Å²) in [4.78, 5) is 14.2. The molecule has 122 valence electrons. The van der Waals surface area contributed by atoms with Gasteiger partial charge in [-0.2, -0.15) is 0 Å². The Hall–Kier alpha value is -1.26. The summed E-state index contributed by atoms with van der Waals surface area (Å²) in [5.41, 5.74) is 8.32. The first-order chi connectivity index (χ1) is 10.0. The number of hydrogen-bond donors (Lipinski definition) is 1. The van der Waals surface area contributed by atoms with Gasteiger partial charge in [-0.15, -0.1) is 12.4 Å². The maximum Gasteiger partial charge on any atom is 0.260 e. The molecule has 3 unspecified atom stereocenters. The third kappa shape index (κ3) is 3.39. The van der Waals surface area contributed by atoms with E-state index in [1.54, 1.807) is 0 Å². The zero-order valence-electron chi connectivity index (χ0n) is 13.2. The fraction of sp³-hybridized carbons (Fsp3) is 0.588. The first kappa shape index (κ1) is 17.1. The summed E-state index contributed by atoms with van der Waals surface area (Å²) in [6, 6.07) is 6.33. The van der Waals surface area contributed by atoms with Crippen molar-refractivity contribution in [1.82, 2.24) is 4.90 Å². The minimum atomic E-state index is 0. The summed E-state index contributed by atoms with van der Waals surface area (Å²) in [6.45, 7) is 5.81. The van der Waals surface area contributed by atoms with E-state index in [1.807, 2.05) is 36.9 Å². The summed E-state index contributed by atoms with van der Waals surface area (Å²) < 4.78 is 5.72. The topological polar surface area (TPSA) is 55.6 Å². The van der Waals surface area contributed by atoms with Crippen LogP contribution < -0.4 is 10.5 Å². The summed E-state index contributed by atoms with van der Waals surface area (Å²) in [5, 5.41) is 0. The van der Waals surface area contributed by atoms with Gasteiger partial charge in [0.05, 0.1) is 0 Å². The number of benzene rings is 1. The van der Waals surface area contributed by atoms with E-state index in [0.29, 0.717) is 11.8 Å². The van der Waals surface area contributed by atoms with E-state index < -0.39 is 0 Å². The molecule has 1 aromatic rings. The minimum absolute atomic E-state index is 0. The van der Waals surface area contributed by atoms with Crippen molar-refractivity contribution in [2.45, 2.75) is 32.7 Å². The highest BCUT2D eigenvalue weighted by Crippen LogP contribution is 2.37. The molecule has 3 atom stereocenters. The summed E-state index contributed by atoms with van der Waals surface area (Å²) >= 11 is 0. The van der Waals surface area contributed by atoms with Crippen molar-refractivity contribution in [3.8, 4) is 5.75 Å². The van der Waals surface area contributed by atoms with Gasteiger partial charge in [0.2, 0.25) is 0 Å². The van der Waals surface area contributed by atoms with Crippen LogP contribution in [0.5, 0.6) is 5.75 Å². The molecule has 0 bridgehead atoms. The van der Waals surface area contributed by atoms with Gasteiger partial charge >= 0.3 is 0 Å². The number of amides is 1. The van der Waals surface area contributed by atoms with E-state index in [9.17, 15) is 4.79 Å². The average molecular weight is 325 g/mol. The predicted molar refractivity (Wildman–Crippen MR) is 89.4 cm³/mol. The van der Waals surface area contributed by atoms with E-state index in [1.165, 1.54) is 0 Å². The highest BCUT2D eigenvalue weighted by atomic mass is 35.5. The SMILES string of the molecule is Cc1ccc(C)c(OCC(=O)N2CC3CCC(N)C3C2)c1.Cl. The second-order valence-electron chi connectivity index (χ2n) is 6.52. The molecule has 1 saturated heterocycles. The van der Waals surface area contributed by atoms with E-state index in [2.05, 4.69) is 0 Å². The summed E-state index contributed by atoms with van der Waals surface area (Å²) in [7, 11) is 0. The van der Waals surface area contributed by atoms with Crippen LogP contribution in [-0.4, -0.2) is 36.5 Å². The number of rotatable bonds is 3. The maximum atomic E-state index is 12.3. The van der Waals surface area contributed by atoms with Gasteiger partial charge in [0, 0.05) is 19.1 Å². The molecule has 1 amide bonds. The first-order valence-corrected chi connectivity index (χ1v) is 7.78. The average Bonchev–Trinajstić information content (AvgIpc) is 3.02. The van der Waals surface area contributed by atoms with Crippen LogP contribution in [0.15, 0.2) is 18.2 Å². The number of fused-ring (bicyclic) bond motifs is 1. The molecular formula is C17H25ClN2O2. The van der Waals surface area contributed by atoms with Crippen LogP contribution in [0, 0.1) is 25.7 Å². The number of carbonyl (C=O) groups excluding carboxylic acids is 1. The lowest BCUT2D eigenvalue weighted by molar-refractivity contribution is -0.132. The Labute approximate surface area is 138 Å². The lowest BCUT2D eigenvalue weighted by atomic mass is 9.98. The highest BCUT2D eigenvalue weighted by Gasteiger charge is 2.42. The molecule has 1 saturated carbocycles. The smallest absolute Gasteiger partial charge is 0.260 e. The Kier molecular flexibility index (Phi) is 5.35. The quantitative estimate of drug-likeness (QED) is 0.928. The van der Waals surface area contributed by atoms with Crippen molar-refractivity contribution in [3.05, 3.63) is 29.3 Å². The monoisotopic (exact) mass is 324 g/mol. The van der Waals surface area contributed by atoms with Crippen LogP contribution in [-0.2, 0) is 4.79 Å². The zero-order valence-corrected chi connectivity index (χ0v) is 14.1. The van der Waals surface area contributed by atoms with Crippen molar-refractivity contribution in [2.24, 2.45) is 17.6 Å². The third-order valence-corrected chi connectivity index (χ3v) is 4.96. The molecular weight excluding hydrogens is 300 g/mol. The van der Waals surface area contributed by atoms with Crippen molar-refractivity contribution < 1.29 is 9.53 Å². The summed E-state index contributed by atoms with van der Waals surface area (Å²) in [6.07, 6.45) is 2.27. The zero-order chi connectivity index (χ0) is 15.0. The first-order valence-electron chi connectivity index (χ1n) is 7.78. The van der Waals surface area contributed by atoms with Gasteiger partial charge in [0.15, 0.2) is 6.61 Å². The van der Waals surface area contributed by atoms with Crippen molar-refractivity contribution in [2.75, 3.05) is 19.7 Å². The Morgan fingerprint density at radius 1 is 1.32 bits per heavy atom. The van der Waals surface area contributed by atoms with Crippen LogP contribution in [0.25, 0.3) is 0 Å². The third-order valence-electron chi connectivity index (χ3n) is 4.96. The Morgan fingerprint density at radius 3 is 2.82 bits per heavy atom. The Bertz CT molecular complexity index is 549. The van der Waals surface area contributed by atoms with E-state index in [4.69, 9.17) is 10.5 Å². The number of aryl methyl sites for hydroxylation is 2. The van der Waals surface area contributed by atoms with Crippen molar-refractivity contribution in [3.63, 3.8) is 0 Å². The number of nitrogens with two attached hydrogens (primary N) is 1. The molecule has 1 heterocycles. The number of halogens is 1. The van der Waals surface area contributed by atoms with Crippen LogP contribution in [0.3, 0.4) is 0 Å². The van der Waals surface area contributed by atoms with Gasteiger partial charge in [-0.1, -0.05) is 12.1 Å². The molecule has 0 aromatic heterocycles. The largest absolute Gasteiger partial charge is 0.483 e. The van der Waals surface area contributed by atoms with Gasteiger partial charge in [-0.05, 0) is 55.7 Å². The Morgan fingerprint density at radius 2 is 2.09 bits per heavy atom. The molecule has 2 aliphatic rings. The number of ether oxygens (including phenoxy) is 1. The van der Waals surface area contributed by atoms with Crippen molar-refractivity contribution >= 4 is 18.3 Å². The fourth-order valence-electron chi connectivity index (χ4n) is 3.60. The highest BCUT2D eigenvalue weighted by molar-refractivity contribution is 5.85. The second-order valence-corrected chi connectivity index (χ2v) is 6.52. The van der Waals surface area contributed by atoms with Crippen LogP contribution in [0.1, 0.15) is 24.0 Å². The maximum absolute atomic E-state index is 12.3. The van der Waals surface area contributed by atoms with Gasteiger partial charge in [0.1, 0.15) is 5.75 Å². The second kappa shape index (κ2) is 6.88. The molecule has 0 radical (unpaired) electrons. The van der Waals surface area contributed by atoms with Gasteiger partial charge < -0.3 is 15.4 Å². The lowest BCUT2D eigenvalue weighted by Crippen LogP contribution is -2.36. The minimum Gasteiger partial charge on any atom is -0.483 e. The molecule has 4 nitrogen and oxygen atoms in total. The summed E-state index contributed by atoms with van der Waals surface area (Å²) in [5.74, 6) is 1.98. The lowest BCUT2D eigenvalue weighted by Gasteiger charge is -2.19. The fourth-order valence-corrected chi connectivity index (χ4v) is 3.60. The van der Waals surface area contributed by atoms with Crippen molar-refractivity contribution in [1.29, 1.82) is 0 Å². The molecule has 22 heavy (non-hydrogen) atoms. The van der Waals surface area contributed by atoms with E-state index >= 15 is 0 Å². The van der Waals surface area contributed by atoms with E-state index in [-0.39, 0.29) is 31.0 Å². The van der Waals surface area contributed by atoms with Gasteiger partial charge in [0.25, 0.3) is 5.91 Å². The molecule has 0 spiro atoms. The van der Waals surface area contributed by atoms with Gasteiger partial charge in [-0.25, -0.2) is 0 Å². The van der Waals surface area contributed by atoms with Crippen LogP contribution in [0.4, 0.5) is 0 Å². The molecule has 1 aliphatic carbocycles. The number of likely N-dealkylation sites (tertiary alicyclic amines) is 1. The van der Waals surface area contributed by atoms with Crippen LogP contribution in [0.2, 0.25) is 0 Å². The predicted octanol–water partition coefficient (Wildman–Crippen LogP) is 2.30. The standard InChI is InChI=1S/C17H24N2O2.ClH/c1-11-3-4-12(2)16(7-11)21-10-17(20)19-8-13-5-6-15(18)14(13)9-19;/h3-4,7,13-15H,5-6,8-10,18H2,1-2H3;1H. The molecule has 2 fully saturated rings. The van der Waals surface area contributed by atoms with Crippen LogP contribution >= 0.6 is 12.4 Å². The molecule has 1 aliphatic heterocycles. The normalized spacial score (nSPS) is 26.5. The molecule has 2 N–H and O–H groups in total. The number of carbonyl (C=O) groups is 1. The Balaban J connectivity index is 0.00000176. The number of hydrogen-bond acceptors (Lipinski definition) is 3. The number of nitrogens with zero attached hydrogens (tertiary/aromatic N) is 1. The van der Waals surface area contributed by atoms with Gasteiger partial charge in [-0.3, -0.25) is 4.79 Å². The van der Waals surface area contributed by atoms with E-state index in [0.717, 1.165) is 42.8 Å².